The molecule has 0 aliphatic carbocycles. The van der Waals surface area contributed by atoms with Gasteiger partial charge in [0.1, 0.15) is 0 Å². The molecule has 0 bridgehead atoms. The minimum absolute atomic E-state index is 0.696. The van der Waals surface area contributed by atoms with E-state index in [1.54, 1.807) is 14.2 Å². The molecule has 1 fully saturated rings. The molecule has 1 aliphatic heterocycles. The van der Waals surface area contributed by atoms with Gasteiger partial charge >= 0.3 is 0 Å². The SMILES string of the molecule is COCCNCC1CCN(CCCOCCOC)CC1. The van der Waals surface area contributed by atoms with Crippen molar-refractivity contribution in [3.8, 4) is 0 Å². The summed E-state index contributed by atoms with van der Waals surface area (Å²) in [5.41, 5.74) is 0. The van der Waals surface area contributed by atoms with E-state index in [0.29, 0.717) is 13.2 Å². The van der Waals surface area contributed by atoms with Crippen LogP contribution < -0.4 is 5.32 Å². The molecule has 1 rings (SSSR count). The molecule has 5 nitrogen and oxygen atoms in total. The smallest absolute Gasteiger partial charge is 0.0700 e. The molecule has 0 unspecified atom stereocenters. The highest BCUT2D eigenvalue weighted by molar-refractivity contribution is 4.73. The van der Waals surface area contributed by atoms with Gasteiger partial charge in [-0.25, -0.2) is 0 Å². The molecule has 20 heavy (non-hydrogen) atoms. The monoisotopic (exact) mass is 288 g/mol. The van der Waals surface area contributed by atoms with Crippen LogP contribution in [0.4, 0.5) is 0 Å². The van der Waals surface area contributed by atoms with Crippen molar-refractivity contribution >= 4 is 0 Å². The summed E-state index contributed by atoms with van der Waals surface area (Å²) in [6.45, 7) is 8.80. The van der Waals surface area contributed by atoms with Crippen molar-refractivity contribution in [2.24, 2.45) is 5.92 Å². The van der Waals surface area contributed by atoms with E-state index in [4.69, 9.17) is 14.2 Å². The van der Waals surface area contributed by atoms with Crippen LogP contribution in [0.25, 0.3) is 0 Å². The fraction of sp³-hybridized carbons (Fsp3) is 1.00. The fourth-order valence-electron chi connectivity index (χ4n) is 2.53. The van der Waals surface area contributed by atoms with Crippen LogP contribution in [0.3, 0.4) is 0 Å². The third kappa shape index (κ3) is 8.87. The molecule has 0 aromatic carbocycles. The number of nitrogens with zero attached hydrogens (tertiary/aromatic N) is 1. The molecular weight excluding hydrogens is 256 g/mol. The maximum atomic E-state index is 5.49. The van der Waals surface area contributed by atoms with Crippen molar-refractivity contribution in [3.05, 3.63) is 0 Å². The molecule has 0 aromatic rings. The van der Waals surface area contributed by atoms with E-state index in [9.17, 15) is 0 Å². The summed E-state index contributed by atoms with van der Waals surface area (Å²) < 4.78 is 15.5. The Kier molecular flexibility index (Phi) is 11.2. The van der Waals surface area contributed by atoms with Crippen LogP contribution >= 0.6 is 0 Å². The number of nitrogens with one attached hydrogen (secondary N) is 1. The van der Waals surface area contributed by atoms with Crippen molar-refractivity contribution < 1.29 is 14.2 Å². The molecule has 0 aromatic heterocycles. The summed E-state index contributed by atoms with van der Waals surface area (Å²) in [7, 11) is 3.46. The van der Waals surface area contributed by atoms with Crippen LogP contribution in [0.1, 0.15) is 19.3 Å². The van der Waals surface area contributed by atoms with E-state index in [1.165, 1.54) is 25.9 Å². The minimum atomic E-state index is 0.696. The van der Waals surface area contributed by atoms with Crippen molar-refractivity contribution in [1.29, 1.82) is 0 Å². The van der Waals surface area contributed by atoms with Gasteiger partial charge in [-0.05, 0) is 44.8 Å². The summed E-state index contributed by atoms with van der Waals surface area (Å²) in [4.78, 5) is 2.56. The van der Waals surface area contributed by atoms with Gasteiger partial charge in [-0.3, -0.25) is 0 Å². The number of likely N-dealkylation sites (tertiary alicyclic amines) is 1. The second-order valence-corrected chi connectivity index (χ2v) is 5.44. The second kappa shape index (κ2) is 12.5. The fourth-order valence-corrected chi connectivity index (χ4v) is 2.53. The number of rotatable bonds is 12. The quantitative estimate of drug-likeness (QED) is 0.543. The van der Waals surface area contributed by atoms with Crippen molar-refractivity contribution in [2.45, 2.75) is 19.3 Å². The van der Waals surface area contributed by atoms with Gasteiger partial charge in [-0.2, -0.15) is 0 Å². The number of methoxy groups -OCH3 is 2. The Morgan fingerprint density at radius 2 is 1.75 bits per heavy atom. The van der Waals surface area contributed by atoms with E-state index in [2.05, 4.69) is 10.2 Å². The lowest BCUT2D eigenvalue weighted by molar-refractivity contribution is 0.0630. The molecule has 0 atom stereocenters. The van der Waals surface area contributed by atoms with Gasteiger partial charge in [0.15, 0.2) is 0 Å². The highest BCUT2D eigenvalue weighted by atomic mass is 16.5. The molecule has 1 heterocycles. The first-order valence-corrected chi connectivity index (χ1v) is 7.85. The van der Waals surface area contributed by atoms with Crippen molar-refractivity contribution in [2.75, 3.05) is 73.4 Å². The summed E-state index contributed by atoms with van der Waals surface area (Å²) in [6.07, 6.45) is 3.75. The Morgan fingerprint density at radius 3 is 2.45 bits per heavy atom. The molecule has 0 spiro atoms. The van der Waals surface area contributed by atoms with Crippen LogP contribution in [-0.4, -0.2) is 78.3 Å². The molecule has 1 saturated heterocycles. The molecule has 1 aliphatic rings. The maximum Gasteiger partial charge on any atom is 0.0700 e. The van der Waals surface area contributed by atoms with E-state index < -0.39 is 0 Å². The Hall–Kier alpha value is -0.200. The van der Waals surface area contributed by atoms with Gasteiger partial charge in [0.2, 0.25) is 0 Å². The number of hydrogen-bond donors (Lipinski definition) is 1. The zero-order valence-corrected chi connectivity index (χ0v) is 13.2. The maximum absolute atomic E-state index is 5.49. The number of piperidine rings is 1. The van der Waals surface area contributed by atoms with Crippen LogP contribution in [0.5, 0.6) is 0 Å². The van der Waals surface area contributed by atoms with Crippen LogP contribution in [0.2, 0.25) is 0 Å². The molecule has 0 amide bonds. The largest absolute Gasteiger partial charge is 0.383 e. The lowest BCUT2D eigenvalue weighted by atomic mass is 9.97. The number of ether oxygens (including phenoxy) is 3. The van der Waals surface area contributed by atoms with Gasteiger partial charge in [-0.1, -0.05) is 0 Å². The molecule has 5 heteroatoms. The van der Waals surface area contributed by atoms with Crippen LogP contribution in [0.15, 0.2) is 0 Å². The molecule has 120 valence electrons. The Morgan fingerprint density at radius 1 is 1.00 bits per heavy atom. The molecular formula is C15H32N2O3. The van der Waals surface area contributed by atoms with Gasteiger partial charge in [0.25, 0.3) is 0 Å². The van der Waals surface area contributed by atoms with E-state index in [1.807, 2.05) is 0 Å². The normalized spacial score (nSPS) is 17.7. The van der Waals surface area contributed by atoms with Gasteiger partial charge in [0, 0.05) is 33.9 Å². The van der Waals surface area contributed by atoms with Gasteiger partial charge in [0.05, 0.1) is 19.8 Å². The Balaban J connectivity index is 1.91. The molecule has 0 saturated carbocycles. The standard InChI is InChI=1S/C15H32N2O3/c1-18-11-6-16-14-15-4-8-17(9-5-15)7-3-10-20-13-12-19-2/h15-16H,3-14H2,1-2H3. The van der Waals surface area contributed by atoms with Crippen molar-refractivity contribution in [3.63, 3.8) is 0 Å². The van der Waals surface area contributed by atoms with Crippen LogP contribution in [0, 0.1) is 5.92 Å². The lowest BCUT2D eigenvalue weighted by Crippen LogP contribution is -2.38. The minimum Gasteiger partial charge on any atom is -0.383 e. The zero-order chi connectivity index (χ0) is 14.5. The molecule has 0 radical (unpaired) electrons. The third-order valence-electron chi connectivity index (χ3n) is 3.82. The third-order valence-corrected chi connectivity index (χ3v) is 3.82. The first-order valence-electron chi connectivity index (χ1n) is 7.85. The topological polar surface area (TPSA) is 43.0 Å². The summed E-state index contributed by atoms with van der Waals surface area (Å²) in [5, 5.41) is 3.47. The highest BCUT2D eigenvalue weighted by Gasteiger charge is 2.18. The first-order chi connectivity index (χ1) is 9.86. The average Bonchev–Trinajstić information content (AvgIpc) is 2.49. The zero-order valence-electron chi connectivity index (χ0n) is 13.2. The summed E-state index contributed by atoms with van der Waals surface area (Å²) in [6, 6.07) is 0. The lowest BCUT2D eigenvalue weighted by Gasteiger charge is -2.32. The van der Waals surface area contributed by atoms with Crippen molar-refractivity contribution in [1.82, 2.24) is 10.2 Å². The summed E-state index contributed by atoms with van der Waals surface area (Å²) >= 11 is 0. The Bertz CT molecular complexity index is 209. The van der Waals surface area contributed by atoms with E-state index in [0.717, 1.165) is 45.2 Å². The van der Waals surface area contributed by atoms with Crippen LogP contribution in [-0.2, 0) is 14.2 Å². The summed E-state index contributed by atoms with van der Waals surface area (Å²) in [5.74, 6) is 0.834. The first kappa shape index (κ1) is 17.9. The predicted octanol–water partition coefficient (Wildman–Crippen LogP) is 0.988. The second-order valence-electron chi connectivity index (χ2n) is 5.44. The molecule has 1 N–H and O–H groups in total. The van der Waals surface area contributed by atoms with Gasteiger partial charge in [-0.15, -0.1) is 0 Å². The van der Waals surface area contributed by atoms with Gasteiger partial charge < -0.3 is 24.4 Å². The number of hydrogen-bond acceptors (Lipinski definition) is 5. The van der Waals surface area contributed by atoms with E-state index in [-0.39, 0.29) is 0 Å². The average molecular weight is 288 g/mol. The highest BCUT2D eigenvalue weighted by Crippen LogP contribution is 2.16. The Labute approximate surface area is 123 Å². The predicted molar refractivity (Wildman–Crippen MR) is 81.2 cm³/mol. The van der Waals surface area contributed by atoms with E-state index >= 15 is 0 Å².